The van der Waals surface area contributed by atoms with Crippen LogP contribution in [0.15, 0.2) is 18.2 Å². The van der Waals surface area contributed by atoms with Crippen molar-refractivity contribution in [3.05, 3.63) is 28.8 Å². The molecule has 6 heteroatoms. The minimum atomic E-state index is -0.156. The van der Waals surface area contributed by atoms with Crippen molar-refractivity contribution in [1.29, 1.82) is 0 Å². The first-order valence-electron chi connectivity index (χ1n) is 6.35. The highest BCUT2D eigenvalue weighted by atomic mass is 35.5. The van der Waals surface area contributed by atoms with Gasteiger partial charge in [-0.25, -0.2) is 0 Å². The summed E-state index contributed by atoms with van der Waals surface area (Å²) in [6, 6.07) is 4.80. The molecule has 0 saturated carbocycles. The maximum Gasteiger partial charge on any atom is 0.255 e. The molecule has 1 amide bonds. The molecule has 0 bridgehead atoms. The van der Waals surface area contributed by atoms with Gasteiger partial charge >= 0.3 is 0 Å². The summed E-state index contributed by atoms with van der Waals surface area (Å²) in [7, 11) is 3.20. The summed E-state index contributed by atoms with van der Waals surface area (Å²) in [5, 5.41) is 0.349. The molecule has 0 aliphatic carbocycles. The minimum absolute atomic E-state index is 0.0729. The molecular formula is C14H21ClN2O3. The van der Waals surface area contributed by atoms with Crippen LogP contribution in [-0.2, 0) is 9.47 Å². The Bertz CT molecular complexity index is 454. The van der Waals surface area contributed by atoms with Crippen LogP contribution in [0.3, 0.4) is 0 Å². The van der Waals surface area contributed by atoms with Gasteiger partial charge in [-0.2, -0.15) is 0 Å². The second-order valence-corrected chi connectivity index (χ2v) is 4.94. The number of anilines is 1. The van der Waals surface area contributed by atoms with Gasteiger partial charge in [0, 0.05) is 26.5 Å². The lowest BCUT2D eigenvalue weighted by Gasteiger charge is -2.29. The molecule has 0 saturated heterocycles. The zero-order valence-corrected chi connectivity index (χ0v) is 12.8. The Morgan fingerprint density at radius 1 is 1.40 bits per heavy atom. The van der Waals surface area contributed by atoms with Gasteiger partial charge in [0.2, 0.25) is 0 Å². The number of amides is 1. The van der Waals surface area contributed by atoms with Gasteiger partial charge in [0.15, 0.2) is 0 Å². The number of hydrogen-bond donors (Lipinski definition) is 1. The molecule has 0 heterocycles. The van der Waals surface area contributed by atoms with Crippen LogP contribution >= 0.6 is 11.6 Å². The molecule has 1 unspecified atom stereocenters. The Hall–Kier alpha value is -1.30. The lowest BCUT2D eigenvalue weighted by molar-refractivity contribution is 0.0479. The summed E-state index contributed by atoms with van der Waals surface area (Å²) < 4.78 is 10.2. The highest BCUT2D eigenvalue weighted by Gasteiger charge is 2.23. The molecule has 0 aliphatic rings. The number of ether oxygens (including phenoxy) is 2. The van der Waals surface area contributed by atoms with Crippen molar-refractivity contribution >= 4 is 23.2 Å². The Labute approximate surface area is 124 Å². The summed E-state index contributed by atoms with van der Waals surface area (Å²) in [5.41, 5.74) is 6.60. The van der Waals surface area contributed by atoms with Gasteiger partial charge in [-0.05, 0) is 25.1 Å². The molecule has 20 heavy (non-hydrogen) atoms. The van der Waals surface area contributed by atoms with Crippen molar-refractivity contribution in [3.8, 4) is 0 Å². The molecular weight excluding hydrogens is 280 g/mol. The average molecular weight is 301 g/mol. The molecule has 0 spiro atoms. The third-order valence-corrected chi connectivity index (χ3v) is 3.27. The third kappa shape index (κ3) is 4.37. The number of carbonyl (C=O) groups is 1. The highest BCUT2D eigenvalue weighted by Crippen LogP contribution is 2.21. The summed E-state index contributed by atoms with van der Waals surface area (Å²) in [6.07, 6.45) is 0. The average Bonchev–Trinajstić information content (AvgIpc) is 2.39. The van der Waals surface area contributed by atoms with Crippen LogP contribution in [0.1, 0.15) is 17.3 Å². The normalized spacial score (nSPS) is 12.2. The Morgan fingerprint density at radius 3 is 2.65 bits per heavy atom. The summed E-state index contributed by atoms with van der Waals surface area (Å²) in [5.74, 6) is -0.156. The predicted molar refractivity (Wildman–Crippen MR) is 80.1 cm³/mol. The van der Waals surface area contributed by atoms with E-state index in [4.69, 9.17) is 26.8 Å². The fraction of sp³-hybridized carbons (Fsp3) is 0.500. The van der Waals surface area contributed by atoms with E-state index in [1.165, 1.54) is 0 Å². The van der Waals surface area contributed by atoms with Gasteiger partial charge in [0.25, 0.3) is 5.91 Å². The second kappa shape index (κ2) is 8.09. The van der Waals surface area contributed by atoms with E-state index >= 15 is 0 Å². The first-order chi connectivity index (χ1) is 9.51. The van der Waals surface area contributed by atoms with Gasteiger partial charge in [-0.1, -0.05) is 11.6 Å². The van der Waals surface area contributed by atoms with Gasteiger partial charge < -0.3 is 20.1 Å². The number of halogens is 1. The topological polar surface area (TPSA) is 64.8 Å². The van der Waals surface area contributed by atoms with Crippen molar-refractivity contribution < 1.29 is 14.3 Å². The summed E-state index contributed by atoms with van der Waals surface area (Å²) in [6.45, 7) is 3.29. The van der Waals surface area contributed by atoms with Gasteiger partial charge in [0.05, 0.1) is 29.8 Å². The Kier molecular flexibility index (Phi) is 6.78. The molecule has 1 atom stereocenters. The SMILES string of the molecule is COCCN(C(=O)c1ccc(N)cc1Cl)C(C)COC. The Balaban J connectivity index is 2.96. The fourth-order valence-corrected chi connectivity index (χ4v) is 2.17. The zero-order valence-electron chi connectivity index (χ0n) is 12.1. The van der Waals surface area contributed by atoms with Crippen LogP contribution in [0.4, 0.5) is 5.69 Å². The van der Waals surface area contributed by atoms with E-state index in [0.29, 0.717) is 36.0 Å². The van der Waals surface area contributed by atoms with E-state index in [-0.39, 0.29) is 11.9 Å². The molecule has 1 aromatic carbocycles. The number of hydrogen-bond acceptors (Lipinski definition) is 4. The van der Waals surface area contributed by atoms with Crippen molar-refractivity contribution in [3.63, 3.8) is 0 Å². The van der Waals surface area contributed by atoms with Crippen molar-refractivity contribution in [1.82, 2.24) is 4.90 Å². The number of nitrogens with two attached hydrogens (primary N) is 1. The van der Waals surface area contributed by atoms with E-state index in [1.807, 2.05) is 6.92 Å². The first-order valence-corrected chi connectivity index (χ1v) is 6.73. The number of methoxy groups -OCH3 is 2. The quantitative estimate of drug-likeness (QED) is 0.783. The van der Waals surface area contributed by atoms with Crippen LogP contribution in [0.25, 0.3) is 0 Å². The monoisotopic (exact) mass is 300 g/mol. The standard InChI is InChI=1S/C14H21ClN2O3/c1-10(9-20-3)17(6-7-19-2)14(18)12-5-4-11(16)8-13(12)15/h4-5,8,10H,6-7,9,16H2,1-3H3. The van der Waals surface area contributed by atoms with E-state index in [1.54, 1.807) is 37.3 Å². The number of carbonyl (C=O) groups excluding carboxylic acids is 1. The van der Waals surface area contributed by atoms with Crippen molar-refractivity contribution in [2.24, 2.45) is 0 Å². The van der Waals surface area contributed by atoms with Gasteiger partial charge in [0.1, 0.15) is 0 Å². The molecule has 0 radical (unpaired) electrons. The molecule has 112 valence electrons. The fourth-order valence-electron chi connectivity index (χ4n) is 1.90. The maximum atomic E-state index is 12.6. The molecule has 1 rings (SSSR count). The highest BCUT2D eigenvalue weighted by molar-refractivity contribution is 6.34. The van der Waals surface area contributed by atoms with Crippen LogP contribution < -0.4 is 5.73 Å². The van der Waals surface area contributed by atoms with Crippen LogP contribution in [0.5, 0.6) is 0 Å². The number of nitrogens with zero attached hydrogens (tertiary/aromatic N) is 1. The first kappa shape index (κ1) is 16.8. The van der Waals surface area contributed by atoms with Crippen molar-refractivity contribution in [2.45, 2.75) is 13.0 Å². The van der Waals surface area contributed by atoms with E-state index < -0.39 is 0 Å². The van der Waals surface area contributed by atoms with E-state index in [2.05, 4.69) is 0 Å². The summed E-state index contributed by atoms with van der Waals surface area (Å²) >= 11 is 6.09. The third-order valence-electron chi connectivity index (χ3n) is 2.96. The molecule has 1 aromatic rings. The Morgan fingerprint density at radius 2 is 2.10 bits per heavy atom. The van der Waals surface area contributed by atoms with E-state index in [9.17, 15) is 4.79 Å². The molecule has 0 fully saturated rings. The number of benzene rings is 1. The smallest absolute Gasteiger partial charge is 0.255 e. The molecule has 0 aromatic heterocycles. The maximum absolute atomic E-state index is 12.6. The minimum Gasteiger partial charge on any atom is -0.399 e. The predicted octanol–water partition coefficient (Wildman–Crippen LogP) is 2.05. The lowest BCUT2D eigenvalue weighted by Crippen LogP contribution is -2.43. The lowest BCUT2D eigenvalue weighted by atomic mass is 10.1. The zero-order chi connectivity index (χ0) is 15.1. The summed E-state index contributed by atoms with van der Waals surface area (Å²) in [4.78, 5) is 14.3. The largest absolute Gasteiger partial charge is 0.399 e. The van der Waals surface area contributed by atoms with Crippen LogP contribution in [-0.4, -0.2) is 50.8 Å². The van der Waals surface area contributed by atoms with Gasteiger partial charge in [-0.15, -0.1) is 0 Å². The van der Waals surface area contributed by atoms with E-state index in [0.717, 1.165) is 0 Å². The van der Waals surface area contributed by atoms with Crippen LogP contribution in [0.2, 0.25) is 5.02 Å². The molecule has 5 nitrogen and oxygen atoms in total. The van der Waals surface area contributed by atoms with Crippen molar-refractivity contribution in [2.75, 3.05) is 39.7 Å². The molecule has 0 aliphatic heterocycles. The number of rotatable bonds is 7. The number of nitrogen functional groups attached to an aromatic ring is 1. The van der Waals surface area contributed by atoms with Crippen LogP contribution in [0, 0.1) is 0 Å². The second-order valence-electron chi connectivity index (χ2n) is 4.53. The molecule has 2 N–H and O–H groups in total. The van der Waals surface area contributed by atoms with Gasteiger partial charge in [-0.3, -0.25) is 4.79 Å².